The van der Waals surface area contributed by atoms with Gasteiger partial charge in [0.1, 0.15) is 5.82 Å². The van der Waals surface area contributed by atoms with E-state index >= 15 is 0 Å². The number of anilines is 1. The molecule has 0 bridgehead atoms. The fourth-order valence-corrected chi connectivity index (χ4v) is 3.07. The highest BCUT2D eigenvalue weighted by molar-refractivity contribution is 6.30. The van der Waals surface area contributed by atoms with Crippen molar-refractivity contribution < 1.29 is 9.72 Å². The molecule has 0 aliphatic heterocycles. The molecule has 4 aromatic rings. The predicted octanol–water partition coefficient (Wildman–Crippen LogP) is 4.18. The van der Waals surface area contributed by atoms with Gasteiger partial charge in [-0.05, 0) is 37.3 Å². The Kier molecular flexibility index (Phi) is 5.03. The fraction of sp³-hybridized carbons (Fsp3) is 0.0500. The first-order valence-corrected chi connectivity index (χ1v) is 9.22. The lowest BCUT2D eigenvalue weighted by Crippen LogP contribution is -2.14. The molecule has 0 saturated carbocycles. The summed E-state index contributed by atoms with van der Waals surface area (Å²) < 4.78 is 3.07. The van der Waals surface area contributed by atoms with E-state index in [2.05, 4.69) is 15.5 Å². The Bertz CT molecular complexity index is 1250. The van der Waals surface area contributed by atoms with Crippen LogP contribution in [-0.4, -0.2) is 30.4 Å². The number of aryl methyl sites for hydroxylation is 1. The minimum absolute atomic E-state index is 0.0263. The SMILES string of the molecule is Cc1cc(NC(=O)c2cnn(-c3cccc(Cl)c3)c2)n(-c2ccc([N+](=O)[O-])cc2)n1. The number of hydrogen-bond donors (Lipinski definition) is 1. The van der Waals surface area contributed by atoms with E-state index < -0.39 is 4.92 Å². The molecule has 0 saturated heterocycles. The quantitative estimate of drug-likeness (QED) is 0.383. The van der Waals surface area contributed by atoms with E-state index in [1.807, 2.05) is 6.07 Å². The van der Waals surface area contributed by atoms with Crippen molar-refractivity contribution in [3.05, 3.63) is 93.4 Å². The smallest absolute Gasteiger partial charge is 0.269 e. The van der Waals surface area contributed by atoms with Crippen LogP contribution < -0.4 is 5.32 Å². The standard InChI is InChI=1S/C20H15ClN6O3/c1-13-9-19(26(24-13)16-5-7-17(8-6-16)27(29)30)23-20(28)14-11-22-25(12-14)18-4-2-3-15(21)10-18/h2-12H,1H3,(H,23,28). The molecule has 1 N–H and O–H groups in total. The summed E-state index contributed by atoms with van der Waals surface area (Å²) >= 11 is 6.01. The van der Waals surface area contributed by atoms with E-state index in [9.17, 15) is 14.9 Å². The van der Waals surface area contributed by atoms with Crippen LogP contribution in [0, 0.1) is 17.0 Å². The Morgan fingerprint density at radius 3 is 2.60 bits per heavy atom. The summed E-state index contributed by atoms with van der Waals surface area (Å²) in [5.74, 6) is 0.0631. The van der Waals surface area contributed by atoms with Crippen LogP contribution in [0.15, 0.2) is 67.0 Å². The summed E-state index contributed by atoms with van der Waals surface area (Å²) in [6.07, 6.45) is 3.05. The number of nitrogens with zero attached hydrogens (tertiary/aromatic N) is 5. The minimum atomic E-state index is -0.474. The van der Waals surface area contributed by atoms with Crippen molar-refractivity contribution in [3.8, 4) is 11.4 Å². The number of benzene rings is 2. The molecule has 9 nitrogen and oxygen atoms in total. The maximum Gasteiger partial charge on any atom is 0.269 e. The van der Waals surface area contributed by atoms with Crippen LogP contribution in [0.4, 0.5) is 11.5 Å². The van der Waals surface area contributed by atoms with Gasteiger partial charge in [0, 0.05) is 29.4 Å². The fourth-order valence-electron chi connectivity index (χ4n) is 2.89. The molecule has 0 fully saturated rings. The number of nitrogens with one attached hydrogen (secondary N) is 1. The van der Waals surface area contributed by atoms with Crippen LogP contribution in [-0.2, 0) is 0 Å². The second kappa shape index (κ2) is 7.80. The Labute approximate surface area is 175 Å². The number of rotatable bonds is 5. The Morgan fingerprint density at radius 1 is 1.13 bits per heavy atom. The summed E-state index contributed by atoms with van der Waals surface area (Å²) in [7, 11) is 0. The van der Waals surface area contributed by atoms with Crippen LogP contribution in [0.2, 0.25) is 5.02 Å². The first-order chi connectivity index (χ1) is 14.4. The van der Waals surface area contributed by atoms with Gasteiger partial charge in [0.15, 0.2) is 0 Å². The molecule has 0 aliphatic carbocycles. The second-order valence-corrected chi connectivity index (χ2v) is 6.90. The summed E-state index contributed by atoms with van der Waals surface area (Å²) in [5, 5.41) is 22.8. The van der Waals surface area contributed by atoms with E-state index in [1.54, 1.807) is 54.2 Å². The van der Waals surface area contributed by atoms with Gasteiger partial charge in [-0.3, -0.25) is 14.9 Å². The highest BCUT2D eigenvalue weighted by atomic mass is 35.5. The second-order valence-electron chi connectivity index (χ2n) is 6.46. The number of amides is 1. The lowest BCUT2D eigenvalue weighted by atomic mass is 10.3. The van der Waals surface area contributed by atoms with Crippen molar-refractivity contribution in [1.29, 1.82) is 0 Å². The average molecular weight is 423 g/mol. The number of nitro benzene ring substituents is 1. The molecule has 1 amide bonds. The number of carbonyl (C=O) groups is 1. The van der Waals surface area contributed by atoms with Gasteiger partial charge >= 0.3 is 0 Å². The van der Waals surface area contributed by atoms with Gasteiger partial charge in [0.25, 0.3) is 11.6 Å². The normalized spacial score (nSPS) is 10.7. The number of non-ortho nitro benzene ring substituents is 1. The number of aromatic nitrogens is 4. The van der Waals surface area contributed by atoms with Crippen molar-refractivity contribution in [3.63, 3.8) is 0 Å². The summed E-state index contributed by atoms with van der Waals surface area (Å²) in [6.45, 7) is 1.79. The van der Waals surface area contributed by atoms with E-state index in [0.29, 0.717) is 27.8 Å². The Balaban J connectivity index is 1.58. The molecular weight excluding hydrogens is 408 g/mol. The van der Waals surface area contributed by atoms with Crippen molar-refractivity contribution in [1.82, 2.24) is 19.6 Å². The molecule has 2 aromatic carbocycles. The highest BCUT2D eigenvalue weighted by Gasteiger charge is 2.15. The molecule has 0 aliphatic rings. The maximum atomic E-state index is 12.7. The molecule has 0 radical (unpaired) electrons. The lowest BCUT2D eigenvalue weighted by Gasteiger charge is -2.08. The van der Waals surface area contributed by atoms with Crippen molar-refractivity contribution >= 4 is 29.0 Å². The Hall–Kier alpha value is -3.98. The van der Waals surface area contributed by atoms with Crippen LogP contribution >= 0.6 is 11.6 Å². The van der Waals surface area contributed by atoms with E-state index in [4.69, 9.17) is 11.6 Å². The zero-order chi connectivity index (χ0) is 21.3. The summed E-state index contributed by atoms with van der Waals surface area (Å²) in [6, 6.07) is 14.7. The molecule has 0 unspecified atom stereocenters. The number of nitro groups is 1. The van der Waals surface area contributed by atoms with E-state index in [0.717, 1.165) is 5.69 Å². The van der Waals surface area contributed by atoms with Crippen molar-refractivity contribution in [2.75, 3.05) is 5.32 Å². The minimum Gasteiger partial charge on any atom is -0.306 e. The molecule has 30 heavy (non-hydrogen) atoms. The molecule has 10 heteroatoms. The van der Waals surface area contributed by atoms with Crippen LogP contribution in [0.25, 0.3) is 11.4 Å². The van der Waals surface area contributed by atoms with Gasteiger partial charge in [0.05, 0.1) is 33.8 Å². The van der Waals surface area contributed by atoms with Gasteiger partial charge in [0.2, 0.25) is 0 Å². The molecule has 150 valence electrons. The monoisotopic (exact) mass is 422 g/mol. The zero-order valence-corrected chi connectivity index (χ0v) is 16.4. The van der Waals surface area contributed by atoms with Crippen molar-refractivity contribution in [2.24, 2.45) is 0 Å². The highest BCUT2D eigenvalue weighted by Crippen LogP contribution is 2.21. The largest absolute Gasteiger partial charge is 0.306 e. The lowest BCUT2D eigenvalue weighted by molar-refractivity contribution is -0.384. The average Bonchev–Trinajstić information content (AvgIpc) is 3.35. The first-order valence-electron chi connectivity index (χ1n) is 8.84. The third kappa shape index (κ3) is 3.91. The summed E-state index contributed by atoms with van der Waals surface area (Å²) in [5.41, 5.74) is 2.32. The third-order valence-corrected chi connectivity index (χ3v) is 4.53. The van der Waals surface area contributed by atoms with Gasteiger partial charge in [-0.25, -0.2) is 9.36 Å². The molecule has 0 spiro atoms. The summed E-state index contributed by atoms with van der Waals surface area (Å²) in [4.78, 5) is 23.1. The number of carbonyl (C=O) groups excluding carboxylic acids is 1. The number of hydrogen-bond acceptors (Lipinski definition) is 5. The predicted molar refractivity (Wildman–Crippen MR) is 111 cm³/mol. The molecular formula is C20H15ClN6O3. The van der Waals surface area contributed by atoms with Gasteiger partial charge in [-0.2, -0.15) is 10.2 Å². The molecule has 2 heterocycles. The van der Waals surface area contributed by atoms with Crippen molar-refractivity contribution in [2.45, 2.75) is 6.92 Å². The van der Waals surface area contributed by atoms with Crippen LogP contribution in [0.1, 0.15) is 16.1 Å². The van der Waals surface area contributed by atoms with Crippen LogP contribution in [0.3, 0.4) is 0 Å². The molecule has 2 aromatic heterocycles. The topological polar surface area (TPSA) is 108 Å². The third-order valence-electron chi connectivity index (χ3n) is 4.30. The van der Waals surface area contributed by atoms with Crippen LogP contribution in [0.5, 0.6) is 0 Å². The van der Waals surface area contributed by atoms with Gasteiger partial charge in [-0.1, -0.05) is 17.7 Å². The van der Waals surface area contributed by atoms with E-state index in [1.165, 1.54) is 23.0 Å². The van der Waals surface area contributed by atoms with Gasteiger partial charge < -0.3 is 5.32 Å². The molecule has 4 rings (SSSR count). The first kappa shape index (κ1) is 19.3. The Morgan fingerprint density at radius 2 is 1.90 bits per heavy atom. The maximum absolute atomic E-state index is 12.7. The zero-order valence-electron chi connectivity index (χ0n) is 15.7. The van der Waals surface area contributed by atoms with Gasteiger partial charge in [-0.15, -0.1) is 0 Å². The number of halogens is 1. The van der Waals surface area contributed by atoms with E-state index in [-0.39, 0.29) is 11.6 Å². The molecule has 0 atom stereocenters.